The number of aromatic amines is 1. The average molecular weight is 334 g/mol. The van der Waals surface area contributed by atoms with Crippen LogP contribution in [0.2, 0.25) is 0 Å². The van der Waals surface area contributed by atoms with E-state index < -0.39 is 0 Å². The molecule has 0 saturated carbocycles. The molecule has 0 bridgehead atoms. The summed E-state index contributed by atoms with van der Waals surface area (Å²) in [6.07, 6.45) is 0. The molecular formula is C16H22N4O2S. The van der Waals surface area contributed by atoms with Crippen LogP contribution in [0.5, 0.6) is 5.75 Å². The predicted octanol–water partition coefficient (Wildman–Crippen LogP) is 2.92. The van der Waals surface area contributed by atoms with Crippen LogP contribution in [-0.4, -0.2) is 32.8 Å². The zero-order valence-corrected chi connectivity index (χ0v) is 14.7. The van der Waals surface area contributed by atoms with E-state index >= 15 is 0 Å². The summed E-state index contributed by atoms with van der Waals surface area (Å²) in [6, 6.07) is 7.54. The second-order valence-electron chi connectivity index (χ2n) is 6.19. The number of amides is 1. The van der Waals surface area contributed by atoms with Crippen LogP contribution in [0.1, 0.15) is 27.7 Å². The van der Waals surface area contributed by atoms with E-state index in [-0.39, 0.29) is 18.0 Å². The van der Waals surface area contributed by atoms with Gasteiger partial charge in [-0.25, -0.2) is 0 Å². The molecule has 1 amide bonds. The monoisotopic (exact) mass is 334 g/mol. The Labute approximate surface area is 140 Å². The van der Waals surface area contributed by atoms with Gasteiger partial charge in [-0.3, -0.25) is 14.5 Å². The first-order valence-corrected chi connectivity index (χ1v) is 7.90. The number of ether oxygens (including phenoxy) is 1. The molecule has 124 valence electrons. The smallest absolute Gasteiger partial charge is 0.240 e. The predicted molar refractivity (Wildman–Crippen MR) is 91.9 cm³/mol. The van der Waals surface area contributed by atoms with Crippen molar-refractivity contribution in [3.8, 4) is 17.1 Å². The molecule has 0 unspecified atom stereocenters. The second-order valence-corrected chi connectivity index (χ2v) is 6.58. The molecule has 1 heterocycles. The normalized spacial score (nSPS) is 11.3. The van der Waals surface area contributed by atoms with Crippen LogP contribution in [0.15, 0.2) is 24.3 Å². The lowest BCUT2D eigenvalue weighted by molar-refractivity contribution is -0.123. The Morgan fingerprint density at radius 3 is 2.57 bits per heavy atom. The number of nitrogens with one attached hydrogen (secondary N) is 2. The molecule has 7 heteroatoms. The Hall–Kier alpha value is -2.15. The average Bonchev–Trinajstić information content (AvgIpc) is 2.79. The lowest BCUT2D eigenvalue weighted by Gasteiger charge is -2.20. The van der Waals surface area contributed by atoms with E-state index in [2.05, 4.69) is 15.5 Å². The highest BCUT2D eigenvalue weighted by Crippen LogP contribution is 2.21. The van der Waals surface area contributed by atoms with Gasteiger partial charge in [-0.15, -0.1) is 0 Å². The van der Waals surface area contributed by atoms with E-state index in [1.54, 1.807) is 4.57 Å². The summed E-state index contributed by atoms with van der Waals surface area (Å²) in [5.41, 5.74) is 0.576. The van der Waals surface area contributed by atoms with Crippen molar-refractivity contribution in [2.75, 3.05) is 6.61 Å². The van der Waals surface area contributed by atoms with E-state index in [0.717, 1.165) is 11.3 Å². The Morgan fingerprint density at radius 1 is 1.35 bits per heavy atom. The maximum absolute atomic E-state index is 12.2. The van der Waals surface area contributed by atoms with Crippen LogP contribution < -0.4 is 10.1 Å². The summed E-state index contributed by atoms with van der Waals surface area (Å²) in [7, 11) is 0. The maximum Gasteiger partial charge on any atom is 0.240 e. The van der Waals surface area contributed by atoms with Crippen LogP contribution in [-0.2, 0) is 11.3 Å². The molecule has 23 heavy (non-hydrogen) atoms. The summed E-state index contributed by atoms with van der Waals surface area (Å²) in [5, 5.41) is 9.91. The van der Waals surface area contributed by atoms with Gasteiger partial charge in [-0.05, 0) is 64.2 Å². The van der Waals surface area contributed by atoms with Gasteiger partial charge >= 0.3 is 0 Å². The molecule has 6 nitrogen and oxygen atoms in total. The van der Waals surface area contributed by atoms with E-state index in [1.165, 1.54) is 0 Å². The molecule has 0 saturated heterocycles. The molecular weight excluding hydrogens is 312 g/mol. The fraction of sp³-hybridized carbons (Fsp3) is 0.438. The Morgan fingerprint density at radius 2 is 2.00 bits per heavy atom. The highest BCUT2D eigenvalue weighted by atomic mass is 32.1. The third-order valence-electron chi connectivity index (χ3n) is 3.00. The third kappa shape index (κ3) is 4.66. The molecule has 0 fully saturated rings. The zero-order chi connectivity index (χ0) is 17.0. The number of carbonyl (C=O) groups excluding carboxylic acids is 1. The van der Waals surface area contributed by atoms with Crippen molar-refractivity contribution in [2.45, 2.75) is 39.8 Å². The van der Waals surface area contributed by atoms with Gasteiger partial charge in [0.05, 0.1) is 6.61 Å². The van der Waals surface area contributed by atoms with Crippen LogP contribution in [0.4, 0.5) is 0 Å². The van der Waals surface area contributed by atoms with E-state index in [1.807, 2.05) is 52.0 Å². The lowest BCUT2D eigenvalue weighted by atomic mass is 10.1. The highest BCUT2D eigenvalue weighted by Gasteiger charge is 2.17. The van der Waals surface area contributed by atoms with Crippen LogP contribution in [0.25, 0.3) is 11.4 Å². The van der Waals surface area contributed by atoms with Crippen molar-refractivity contribution in [3.63, 3.8) is 0 Å². The molecule has 0 aliphatic heterocycles. The summed E-state index contributed by atoms with van der Waals surface area (Å²) < 4.78 is 7.53. The molecule has 2 aromatic rings. The topological polar surface area (TPSA) is 71.9 Å². The summed E-state index contributed by atoms with van der Waals surface area (Å²) in [4.78, 5) is 12.2. The first-order chi connectivity index (χ1) is 10.8. The maximum atomic E-state index is 12.2. The molecule has 2 N–H and O–H groups in total. The van der Waals surface area contributed by atoms with Gasteiger partial charge in [0.25, 0.3) is 0 Å². The molecule has 1 aromatic carbocycles. The van der Waals surface area contributed by atoms with Crippen molar-refractivity contribution in [1.29, 1.82) is 0 Å². The van der Waals surface area contributed by atoms with Gasteiger partial charge in [0.2, 0.25) is 5.91 Å². The molecule has 0 radical (unpaired) electrons. The lowest BCUT2D eigenvalue weighted by Crippen LogP contribution is -2.42. The van der Waals surface area contributed by atoms with Gasteiger partial charge in [-0.2, -0.15) is 5.10 Å². The van der Waals surface area contributed by atoms with Crippen molar-refractivity contribution in [2.24, 2.45) is 0 Å². The van der Waals surface area contributed by atoms with Gasteiger partial charge < -0.3 is 10.1 Å². The summed E-state index contributed by atoms with van der Waals surface area (Å²) in [6.45, 7) is 8.49. The van der Waals surface area contributed by atoms with Gasteiger partial charge in [-0.1, -0.05) is 0 Å². The summed E-state index contributed by atoms with van der Waals surface area (Å²) in [5.74, 6) is 1.31. The number of H-pyrrole nitrogens is 1. The van der Waals surface area contributed by atoms with Crippen LogP contribution in [0, 0.1) is 4.77 Å². The van der Waals surface area contributed by atoms with Gasteiger partial charge in [0.15, 0.2) is 10.6 Å². The number of hydrogen-bond donors (Lipinski definition) is 2. The van der Waals surface area contributed by atoms with Gasteiger partial charge in [0.1, 0.15) is 12.3 Å². The number of benzene rings is 1. The highest BCUT2D eigenvalue weighted by molar-refractivity contribution is 7.71. The fourth-order valence-electron chi connectivity index (χ4n) is 2.15. The minimum Gasteiger partial charge on any atom is -0.494 e. The molecule has 0 aliphatic rings. The van der Waals surface area contributed by atoms with Crippen molar-refractivity contribution in [1.82, 2.24) is 20.1 Å². The first kappa shape index (κ1) is 17.2. The molecule has 0 spiro atoms. The van der Waals surface area contributed by atoms with Crippen molar-refractivity contribution >= 4 is 18.1 Å². The quantitative estimate of drug-likeness (QED) is 0.825. The largest absolute Gasteiger partial charge is 0.494 e. The zero-order valence-electron chi connectivity index (χ0n) is 13.8. The Balaban J connectivity index is 2.24. The van der Waals surface area contributed by atoms with Crippen LogP contribution >= 0.6 is 12.2 Å². The molecule has 1 aromatic heterocycles. The molecule has 0 atom stereocenters. The van der Waals surface area contributed by atoms with Crippen LogP contribution in [0.3, 0.4) is 0 Å². The van der Waals surface area contributed by atoms with E-state index in [4.69, 9.17) is 17.0 Å². The van der Waals surface area contributed by atoms with Crippen molar-refractivity contribution < 1.29 is 9.53 Å². The van der Waals surface area contributed by atoms with Gasteiger partial charge in [0, 0.05) is 11.1 Å². The summed E-state index contributed by atoms with van der Waals surface area (Å²) >= 11 is 5.24. The minimum absolute atomic E-state index is 0.109. The molecule has 0 aliphatic carbocycles. The molecule has 2 rings (SSSR count). The Kier molecular flexibility index (Phi) is 5.20. The second kappa shape index (κ2) is 6.95. The SMILES string of the molecule is CCOc1ccc(-c2n[nH]c(=S)n2CC(=O)NC(C)(C)C)cc1. The van der Waals surface area contributed by atoms with E-state index in [9.17, 15) is 4.79 Å². The fourth-order valence-corrected chi connectivity index (χ4v) is 2.35. The van der Waals surface area contributed by atoms with Crippen molar-refractivity contribution in [3.05, 3.63) is 29.0 Å². The number of hydrogen-bond acceptors (Lipinski definition) is 4. The third-order valence-corrected chi connectivity index (χ3v) is 3.31. The Bertz CT molecular complexity index is 726. The minimum atomic E-state index is -0.289. The number of aromatic nitrogens is 3. The van der Waals surface area contributed by atoms with E-state index in [0.29, 0.717) is 17.2 Å². The number of carbonyl (C=O) groups is 1. The first-order valence-electron chi connectivity index (χ1n) is 7.49. The number of nitrogens with zero attached hydrogens (tertiary/aromatic N) is 2. The standard InChI is InChI=1S/C16H22N4O2S/c1-5-22-12-8-6-11(7-9-12)14-18-19-15(23)20(14)10-13(21)17-16(2,3)4/h6-9H,5,10H2,1-4H3,(H,17,21)(H,19,23). The number of rotatable bonds is 5.